The van der Waals surface area contributed by atoms with Crippen LogP contribution in [0.3, 0.4) is 0 Å². The largest absolute Gasteiger partial charge is 0.481 e. The van der Waals surface area contributed by atoms with Crippen LogP contribution in [0.15, 0.2) is 16.9 Å². The van der Waals surface area contributed by atoms with E-state index in [2.05, 4.69) is 4.98 Å². The number of nitrogens with one attached hydrogen (secondary N) is 1. The van der Waals surface area contributed by atoms with Crippen molar-refractivity contribution in [3.05, 3.63) is 45.2 Å². The van der Waals surface area contributed by atoms with Gasteiger partial charge >= 0.3 is 5.97 Å². The molecule has 0 fully saturated rings. The van der Waals surface area contributed by atoms with Crippen molar-refractivity contribution < 1.29 is 18.7 Å². The van der Waals surface area contributed by atoms with Gasteiger partial charge in [-0.15, -0.1) is 0 Å². The maximum Gasteiger partial charge on any atom is 0.313 e. The number of carbonyl (C=O) groups is 1. The van der Waals surface area contributed by atoms with Gasteiger partial charge in [0.1, 0.15) is 0 Å². The summed E-state index contributed by atoms with van der Waals surface area (Å²) in [6, 6.07) is 2.16. The standard InChI is InChI=1S/C14H13F2NO3/c1-6-9-8(5-4-7(15)11(9)16)17-12(18)10(6)14(2,3)13(19)20/h4-5H,1-3H3,(H,17,18)(H,19,20). The van der Waals surface area contributed by atoms with Gasteiger partial charge in [-0.2, -0.15) is 0 Å². The molecular weight excluding hydrogens is 268 g/mol. The van der Waals surface area contributed by atoms with E-state index in [9.17, 15) is 23.5 Å². The van der Waals surface area contributed by atoms with E-state index in [-0.39, 0.29) is 22.0 Å². The number of carboxylic acid groups (broad SMARTS) is 1. The smallest absolute Gasteiger partial charge is 0.313 e. The molecule has 1 aromatic carbocycles. The fourth-order valence-electron chi connectivity index (χ4n) is 2.36. The highest BCUT2D eigenvalue weighted by atomic mass is 19.2. The van der Waals surface area contributed by atoms with Crippen LogP contribution >= 0.6 is 0 Å². The van der Waals surface area contributed by atoms with Crippen molar-refractivity contribution in [3.63, 3.8) is 0 Å². The van der Waals surface area contributed by atoms with Gasteiger partial charge in [0.25, 0.3) is 5.56 Å². The van der Waals surface area contributed by atoms with Crippen LogP contribution in [-0.2, 0) is 10.2 Å². The predicted octanol–water partition coefficient (Wildman–Crippen LogP) is 2.48. The summed E-state index contributed by atoms with van der Waals surface area (Å²) >= 11 is 0. The van der Waals surface area contributed by atoms with E-state index < -0.39 is 28.6 Å². The summed E-state index contributed by atoms with van der Waals surface area (Å²) in [5.41, 5.74) is -1.94. The Bertz CT molecular complexity index is 778. The van der Waals surface area contributed by atoms with E-state index >= 15 is 0 Å². The molecule has 106 valence electrons. The molecule has 0 saturated heterocycles. The topological polar surface area (TPSA) is 70.2 Å². The Kier molecular flexibility index (Phi) is 3.12. The minimum atomic E-state index is -1.51. The zero-order valence-electron chi connectivity index (χ0n) is 11.2. The van der Waals surface area contributed by atoms with Crippen molar-refractivity contribution in [3.8, 4) is 0 Å². The summed E-state index contributed by atoms with van der Waals surface area (Å²) in [7, 11) is 0. The number of H-pyrrole nitrogens is 1. The minimum absolute atomic E-state index is 0.0815. The molecule has 0 saturated carbocycles. The van der Waals surface area contributed by atoms with E-state index in [4.69, 9.17) is 0 Å². The lowest BCUT2D eigenvalue weighted by Gasteiger charge is -2.22. The molecule has 0 atom stereocenters. The molecule has 0 amide bonds. The Morgan fingerprint density at radius 1 is 1.30 bits per heavy atom. The van der Waals surface area contributed by atoms with Crippen molar-refractivity contribution in [2.24, 2.45) is 0 Å². The maximum atomic E-state index is 13.9. The Hall–Kier alpha value is -2.24. The van der Waals surface area contributed by atoms with E-state index in [0.717, 1.165) is 6.07 Å². The molecule has 6 heteroatoms. The molecule has 0 aliphatic carbocycles. The molecule has 2 aromatic rings. The van der Waals surface area contributed by atoms with Crippen LogP contribution in [-0.4, -0.2) is 16.1 Å². The van der Waals surface area contributed by atoms with Gasteiger partial charge in [0.2, 0.25) is 0 Å². The van der Waals surface area contributed by atoms with E-state index in [1.54, 1.807) is 0 Å². The quantitative estimate of drug-likeness (QED) is 0.888. The second-order valence-corrected chi connectivity index (χ2v) is 5.17. The Morgan fingerprint density at radius 3 is 2.45 bits per heavy atom. The summed E-state index contributed by atoms with van der Waals surface area (Å²) in [5.74, 6) is -3.37. The second kappa shape index (κ2) is 4.40. The number of halogens is 2. The van der Waals surface area contributed by atoms with Gasteiger partial charge in [-0.25, -0.2) is 8.78 Å². The third-order valence-corrected chi connectivity index (χ3v) is 3.48. The van der Waals surface area contributed by atoms with Crippen molar-refractivity contribution in [1.29, 1.82) is 0 Å². The molecule has 0 aliphatic rings. The first-order valence-electron chi connectivity index (χ1n) is 5.92. The normalized spacial score (nSPS) is 11.8. The van der Waals surface area contributed by atoms with Gasteiger partial charge in [0.05, 0.1) is 10.9 Å². The highest BCUT2D eigenvalue weighted by Gasteiger charge is 2.35. The Balaban J connectivity index is 2.99. The number of pyridine rings is 1. The number of fused-ring (bicyclic) bond motifs is 1. The predicted molar refractivity (Wildman–Crippen MR) is 69.9 cm³/mol. The van der Waals surface area contributed by atoms with Crippen LogP contribution < -0.4 is 5.56 Å². The number of benzene rings is 1. The molecule has 0 aliphatic heterocycles. The average Bonchev–Trinajstić information content (AvgIpc) is 2.33. The van der Waals surface area contributed by atoms with Gasteiger partial charge in [-0.05, 0) is 38.5 Å². The third kappa shape index (κ3) is 1.88. The first-order chi connectivity index (χ1) is 9.17. The lowest BCUT2D eigenvalue weighted by atomic mass is 9.82. The van der Waals surface area contributed by atoms with Crippen molar-refractivity contribution in [2.75, 3.05) is 0 Å². The molecule has 0 radical (unpaired) electrons. The monoisotopic (exact) mass is 281 g/mol. The van der Waals surface area contributed by atoms with Crippen LogP contribution in [0.1, 0.15) is 25.0 Å². The van der Waals surface area contributed by atoms with E-state index in [0.29, 0.717) is 0 Å². The van der Waals surface area contributed by atoms with Gasteiger partial charge in [-0.1, -0.05) is 0 Å². The first-order valence-corrected chi connectivity index (χ1v) is 5.92. The molecular formula is C14H13F2NO3. The number of rotatable bonds is 2. The van der Waals surface area contributed by atoms with Gasteiger partial charge < -0.3 is 10.1 Å². The number of aromatic amines is 1. The highest BCUT2D eigenvalue weighted by molar-refractivity contribution is 5.87. The number of aliphatic carboxylic acids is 1. The molecule has 1 aromatic heterocycles. The number of carboxylic acids is 1. The van der Waals surface area contributed by atoms with E-state index in [1.165, 1.54) is 26.8 Å². The Morgan fingerprint density at radius 2 is 1.90 bits per heavy atom. The molecule has 0 bridgehead atoms. The summed E-state index contributed by atoms with van der Waals surface area (Å²) in [6.07, 6.45) is 0. The van der Waals surface area contributed by atoms with Crippen LogP contribution in [0.4, 0.5) is 8.78 Å². The van der Waals surface area contributed by atoms with Crippen LogP contribution in [0.5, 0.6) is 0 Å². The highest BCUT2D eigenvalue weighted by Crippen LogP contribution is 2.29. The number of hydrogen-bond acceptors (Lipinski definition) is 2. The van der Waals surface area contributed by atoms with Crippen LogP contribution in [0.2, 0.25) is 0 Å². The molecule has 4 nitrogen and oxygen atoms in total. The van der Waals surface area contributed by atoms with Crippen LogP contribution in [0.25, 0.3) is 10.9 Å². The fourth-order valence-corrected chi connectivity index (χ4v) is 2.36. The van der Waals surface area contributed by atoms with Crippen LogP contribution in [0, 0.1) is 18.6 Å². The van der Waals surface area contributed by atoms with E-state index in [1.807, 2.05) is 0 Å². The minimum Gasteiger partial charge on any atom is -0.481 e. The van der Waals surface area contributed by atoms with Gasteiger partial charge in [0, 0.05) is 10.9 Å². The number of aryl methyl sites for hydroxylation is 1. The van der Waals surface area contributed by atoms with Crippen molar-refractivity contribution >= 4 is 16.9 Å². The summed E-state index contributed by atoms with van der Waals surface area (Å²) in [6.45, 7) is 4.10. The number of aromatic nitrogens is 1. The summed E-state index contributed by atoms with van der Waals surface area (Å²) in [4.78, 5) is 25.8. The second-order valence-electron chi connectivity index (χ2n) is 5.17. The summed E-state index contributed by atoms with van der Waals surface area (Å²) in [5, 5.41) is 9.12. The molecule has 2 N–H and O–H groups in total. The molecule has 2 rings (SSSR count). The lowest BCUT2D eigenvalue weighted by molar-refractivity contribution is -0.142. The zero-order chi connectivity index (χ0) is 15.2. The third-order valence-electron chi connectivity index (χ3n) is 3.48. The average molecular weight is 281 g/mol. The van der Waals surface area contributed by atoms with Gasteiger partial charge in [0.15, 0.2) is 11.6 Å². The molecule has 0 unspecified atom stereocenters. The molecule has 20 heavy (non-hydrogen) atoms. The molecule has 1 heterocycles. The first kappa shape index (κ1) is 14.2. The SMILES string of the molecule is Cc1c(C(C)(C)C(=O)O)c(=O)[nH]c2ccc(F)c(F)c12. The molecule has 0 spiro atoms. The Labute approximate surface area is 113 Å². The fraction of sp³-hybridized carbons (Fsp3) is 0.286. The van der Waals surface area contributed by atoms with Crippen molar-refractivity contribution in [1.82, 2.24) is 4.98 Å². The zero-order valence-corrected chi connectivity index (χ0v) is 11.2. The maximum absolute atomic E-state index is 13.9. The summed E-state index contributed by atoms with van der Waals surface area (Å²) < 4.78 is 27.2. The van der Waals surface area contributed by atoms with Gasteiger partial charge in [-0.3, -0.25) is 9.59 Å². The number of hydrogen-bond donors (Lipinski definition) is 2. The lowest BCUT2D eigenvalue weighted by Crippen LogP contribution is -2.36. The van der Waals surface area contributed by atoms with Crippen molar-refractivity contribution in [2.45, 2.75) is 26.2 Å².